The SMILES string of the molecule is C[C@@H](NC(=O)[C@H](O)[C@@H](O)C(=O)N1CCc2cc(Cl)ccc2C1c1cc[nH]n1)c1ccc(N2C=CCN2)cc1. The summed E-state index contributed by atoms with van der Waals surface area (Å²) in [6.45, 7) is 2.79. The molecule has 0 saturated heterocycles. The Labute approximate surface area is 224 Å². The molecule has 3 heterocycles. The van der Waals surface area contributed by atoms with Crippen LogP contribution >= 0.6 is 11.6 Å². The van der Waals surface area contributed by atoms with Crippen molar-refractivity contribution in [1.82, 2.24) is 25.8 Å². The average Bonchev–Trinajstić information content (AvgIpc) is 3.66. The van der Waals surface area contributed by atoms with Gasteiger partial charge in [-0.1, -0.05) is 35.9 Å². The van der Waals surface area contributed by atoms with Gasteiger partial charge in [-0.05, 0) is 60.4 Å². The molecule has 0 aliphatic carbocycles. The quantitative estimate of drug-likeness (QED) is 0.312. The number of halogens is 1. The zero-order valence-electron chi connectivity index (χ0n) is 20.7. The van der Waals surface area contributed by atoms with Gasteiger partial charge in [0.2, 0.25) is 0 Å². The van der Waals surface area contributed by atoms with Gasteiger partial charge in [-0.25, -0.2) is 5.43 Å². The number of aromatic nitrogens is 2. The number of amides is 2. The summed E-state index contributed by atoms with van der Waals surface area (Å²) in [5, 5.41) is 33.6. The standard InChI is InChI=1S/C27H29ClN6O4/c1-16(17-3-6-20(7-4-17)34-13-2-11-30-34)31-26(37)24(35)25(36)27(38)33-14-10-18-15-19(28)5-8-21(18)23(33)22-9-12-29-32-22/h2-9,12-13,15-16,23-25,30,35-36H,10-11,14H2,1H3,(H,29,32)(H,31,37)/t16-,23?,24-,25-/m1/s1. The summed E-state index contributed by atoms with van der Waals surface area (Å²) in [5.41, 5.74) is 7.30. The first-order chi connectivity index (χ1) is 18.3. The first kappa shape index (κ1) is 25.9. The molecule has 4 atom stereocenters. The lowest BCUT2D eigenvalue weighted by molar-refractivity contribution is -0.155. The number of H-pyrrole nitrogens is 1. The predicted molar refractivity (Wildman–Crippen MR) is 142 cm³/mol. The molecule has 0 bridgehead atoms. The summed E-state index contributed by atoms with van der Waals surface area (Å²) in [6.07, 6.45) is 2.19. The molecule has 3 aromatic rings. The third-order valence-corrected chi connectivity index (χ3v) is 7.14. The number of aliphatic hydroxyl groups excluding tert-OH is 2. The number of hydrogen-bond donors (Lipinski definition) is 5. The van der Waals surface area contributed by atoms with Crippen molar-refractivity contribution < 1.29 is 19.8 Å². The van der Waals surface area contributed by atoms with Gasteiger partial charge in [-0.3, -0.25) is 19.7 Å². The molecule has 0 saturated carbocycles. The summed E-state index contributed by atoms with van der Waals surface area (Å²) in [4.78, 5) is 27.7. The van der Waals surface area contributed by atoms with E-state index < -0.39 is 36.1 Å². The summed E-state index contributed by atoms with van der Waals surface area (Å²) >= 11 is 6.17. The summed E-state index contributed by atoms with van der Waals surface area (Å²) in [6, 6.07) is 13.7. The van der Waals surface area contributed by atoms with Crippen molar-refractivity contribution in [2.75, 3.05) is 18.1 Å². The molecule has 0 fully saturated rings. The Bertz CT molecular complexity index is 1330. The molecular weight excluding hydrogens is 508 g/mol. The largest absolute Gasteiger partial charge is 0.380 e. The Morgan fingerprint density at radius 2 is 1.92 bits per heavy atom. The lowest BCUT2D eigenvalue weighted by atomic mass is 9.90. The minimum absolute atomic E-state index is 0.263. The van der Waals surface area contributed by atoms with Crippen LogP contribution < -0.4 is 15.8 Å². The fourth-order valence-electron chi connectivity index (χ4n) is 4.87. The lowest BCUT2D eigenvalue weighted by Gasteiger charge is -2.38. The number of aliphatic hydroxyl groups is 2. The Morgan fingerprint density at radius 3 is 2.61 bits per heavy atom. The monoisotopic (exact) mass is 536 g/mol. The van der Waals surface area contributed by atoms with Gasteiger partial charge in [-0.2, -0.15) is 5.10 Å². The van der Waals surface area contributed by atoms with Crippen LogP contribution in [-0.2, 0) is 16.0 Å². The number of benzene rings is 2. The number of rotatable bonds is 7. The highest BCUT2D eigenvalue weighted by Crippen LogP contribution is 2.36. The lowest BCUT2D eigenvalue weighted by Crippen LogP contribution is -2.53. The van der Waals surface area contributed by atoms with Crippen LogP contribution in [0, 0.1) is 0 Å². The number of hydrogen-bond acceptors (Lipinski definition) is 7. The van der Waals surface area contributed by atoms with E-state index >= 15 is 0 Å². The van der Waals surface area contributed by atoms with Gasteiger partial charge in [0.15, 0.2) is 12.2 Å². The molecule has 2 amide bonds. The van der Waals surface area contributed by atoms with Gasteiger partial charge in [0.25, 0.3) is 11.8 Å². The Balaban J connectivity index is 1.27. The van der Waals surface area contributed by atoms with E-state index in [-0.39, 0.29) is 6.54 Å². The van der Waals surface area contributed by atoms with Crippen LogP contribution in [0.4, 0.5) is 5.69 Å². The van der Waals surface area contributed by atoms with E-state index in [4.69, 9.17) is 11.6 Å². The minimum Gasteiger partial charge on any atom is -0.380 e. The number of nitrogens with one attached hydrogen (secondary N) is 3. The second-order valence-electron chi connectivity index (χ2n) is 9.35. The highest BCUT2D eigenvalue weighted by Gasteiger charge is 2.40. The van der Waals surface area contributed by atoms with Gasteiger partial charge in [0, 0.05) is 30.5 Å². The number of fused-ring (bicyclic) bond motifs is 1. The van der Waals surface area contributed by atoms with Crippen LogP contribution in [0.2, 0.25) is 5.02 Å². The molecule has 1 unspecified atom stereocenters. The molecule has 2 aliphatic heterocycles. The second kappa shape index (κ2) is 11.0. The van der Waals surface area contributed by atoms with E-state index in [1.54, 1.807) is 25.3 Å². The molecule has 5 rings (SSSR count). The zero-order chi connectivity index (χ0) is 26.8. The zero-order valence-corrected chi connectivity index (χ0v) is 21.5. The van der Waals surface area contributed by atoms with Crippen LogP contribution in [0.25, 0.3) is 0 Å². The van der Waals surface area contributed by atoms with Crippen LogP contribution in [0.15, 0.2) is 67.0 Å². The van der Waals surface area contributed by atoms with Crippen molar-refractivity contribution in [2.24, 2.45) is 0 Å². The number of hydrazine groups is 1. The van der Waals surface area contributed by atoms with Crippen molar-refractivity contribution in [3.63, 3.8) is 0 Å². The van der Waals surface area contributed by atoms with Gasteiger partial charge < -0.3 is 20.4 Å². The smallest absolute Gasteiger partial charge is 0.255 e. The maximum Gasteiger partial charge on any atom is 0.255 e. The maximum atomic E-state index is 13.4. The van der Waals surface area contributed by atoms with E-state index in [1.807, 2.05) is 53.7 Å². The molecular formula is C27H29ClN6O4. The third kappa shape index (κ3) is 5.16. The number of carbonyl (C=O) groups excluding carboxylic acids is 2. The molecule has 38 heavy (non-hydrogen) atoms. The van der Waals surface area contributed by atoms with Gasteiger partial charge in [0.1, 0.15) is 6.04 Å². The third-order valence-electron chi connectivity index (χ3n) is 6.90. The molecule has 5 N–H and O–H groups in total. The molecule has 11 heteroatoms. The van der Waals surface area contributed by atoms with Crippen LogP contribution in [-0.4, -0.2) is 62.4 Å². The number of aromatic amines is 1. The van der Waals surface area contributed by atoms with E-state index in [2.05, 4.69) is 20.9 Å². The fraction of sp³-hybridized carbons (Fsp3) is 0.296. The second-order valence-corrected chi connectivity index (χ2v) is 9.79. The van der Waals surface area contributed by atoms with Crippen molar-refractivity contribution in [2.45, 2.75) is 37.6 Å². The number of anilines is 1. The van der Waals surface area contributed by atoms with Crippen molar-refractivity contribution in [1.29, 1.82) is 0 Å². The van der Waals surface area contributed by atoms with E-state index in [9.17, 15) is 19.8 Å². The van der Waals surface area contributed by atoms with Crippen LogP contribution in [0.1, 0.15) is 41.4 Å². The van der Waals surface area contributed by atoms with Gasteiger partial charge >= 0.3 is 0 Å². The van der Waals surface area contributed by atoms with Crippen LogP contribution in [0.3, 0.4) is 0 Å². The summed E-state index contributed by atoms with van der Waals surface area (Å²) in [7, 11) is 0. The Hall–Kier alpha value is -3.70. The normalized spacial score (nSPS) is 19.1. The molecule has 0 radical (unpaired) electrons. The van der Waals surface area contributed by atoms with E-state index in [1.165, 1.54) is 4.90 Å². The van der Waals surface area contributed by atoms with E-state index in [0.717, 1.165) is 28.9 Å². The average molecular weight is 537 g/mol. The maximum absolute atomic E-state index is 13.4. The fourth-order valence-corrected chi connectivity index (χ4v) is 5.06. The molecule has 198 valence electrons. The Morgan fingerprint density at radius 1 is 1.13 bits per heavy atom. The number of carbonyl (C=O) groups is 2. The molecule has 1 aromatic heterocycles. The number of nitrogens with zero attached hydrogens (tertiary/aromatic N) is 3. The summed E-state index contributed by atoms with van der Waals surface area (Å²) < 4.78 is 0. The molecule has 2 aromatic carbocycles. The highest BCUT2D eigenvalue weighted by molar-refractivity contribution is 6.30. The van der Waals surface area contributed by atoms with Crippen LogP contribution in [0.5, 0.6) is 0 Å². The van der Waals surface area contributed by atoms with Crippen molar-refractivity contribution >= 4 is 29.1 Å². The first-order valence-corrected chi connectivity index (χ1v) is 12.8. The van der Waals surface area contributed by atoms with Crippen molar-refractivity contribution in [3.05, 3.63) is 94.4 Å². The topological polar surface area (TPSA) is 134 Å². The van der Waals surface area contributed by atoms with Gasteiger partial charge in [-0.15, -0.1) is 0 Å². The molecule has 0 spiro atoms. The minimum atomic E-state index is -1.95. The summed E-state index contributed by atoms with van der Waals surface area (Å²) in [5.74, 6) is -1.60. The van der Waals surface area contributed by atoms with Gasteiger partial charge in [0.05, 0.1) is 17.4 Å². The highest BCUT2D eigenvalue weighted by atomic mass is 35.5. The molecule has 2 aliphatic rings. The van der Waals surface area contributed by atoms with Crippen molar-refractivity contribution in [3.8, 4) is 0 Å². The molecule has 10 nitrogen and oxygen atoms in total. The predicted octanol–water partition coefficient (Wildman–Crippen LogP) is 1.97. The Kier molecular flexibility index (Phi) is 7.48. The first-order valence-electron chi connectivity index (χ1n) is 12.4. The van der Waals surface area contributed by atoms with E-state index in [0.29, 0.717) is 17.1 Å².